The van der Waals surface area contributed by atoms with Crippen molar-refractivity contribution in [1.29, 1.82) is 0 Å². The molecule has 28 heavy (non-hydrogen) atoms. The van der Waals surface area contributed by atoms with Crippen molar-refractivity contribution in [3.63, 3.8) is 0 Å². The summed E-state index contributed by atoms with van der Waals surface area (Å²) in [5.41, 5.74) is 1.54. The van der Waals surface area contributed by atoms with Crippen LogP contribution in [0.25, 0.3) is 5.69 Å². The minimum atomic E-state index is -0.723. The summed E-state index contributed by atoms with van der Waals surface area (Å²) in [5.74, 6) is -0.567. The normalized spacial score (nSPS) is 10.7. The zero-order valence-electron chi connectivity index (χ0n) is 16.3. The number of carbonyl (C=O) groups is 1. The number of anilines is 1. The molecular weight excluding hydrogens is 356 g/mol. The third kappa shape index (κ3) is 3.38. The Morgan fingerprint density at radius 3 is 2.36 bits per heavy atom. The van der Waals surface area contributed by atoms with Gasteiger partial charge in [-0.05, 0) is 37.1 Å². The molecule has 0 fully saturated rings. The third-order valence-corrected chi connectivity index (χ3v) is 4.69. The fraction of sp³-hybridized carbons (Fsp3) is 0.238. The SMILES string of the molecule is CCc1ccccc1N(C)C(=O)c1nn(-c2ccc(C)cc2)c(=O)n(C)c1=O. The van der Waals surface area contributed by atoms with Gasteiger partial charge in [-0.25, -0.2) is 4.79 Å². The Hall–Kier alpha value is -3.48. The van der Waals surface area contributed by atoms with Crippen molar-refractivity contribution >= 4 is 11.6 Å². The third-order valence-electron chi connectivity index (χ3n) is 4.69. The standard InChI is InChI=1S/C21H22N4O3/c1-5-15-8-6-7-9-17(15)23(3)19(26)18-20(27)24(4)21(28)25(22-18)16-12-10-14(2)11-13-16/h6-13H,5H2,1-4H3. The number of rotatable bonds is 4. The van der Waals surface area contributed by atoms with Crippen LogP contribution in [0.1, 0.15) is 28.5 Å². The summed E-state index contributed by atoms with van der Waals surface area (Å²) in [6.45, 7) is 3.92. The average Bonchev–Trinajstić information content (AvgIpc) is 2.72. The Morgan fingerprint density at radius 2 is 1.71 bits per heavy atom. The quantitative estimate of drug-likeness (QED) is 0.696. The van der Waals surface area contributed by atoms with Gasteiger partial charge in [0.15, 0.2) is 0 Å². The van der Waals surface area contributed by atoms with Crippen LogP contribution in [0.2, 0.25) is 0 Å². The van der Waals surface area contributed by atoms with Crippen LogP contribution in [0.15, 0.2) is 58.1 Å². The molecule has 0 saturated carbocycles. The van der Waals surface area contributed by atoms with Crippen LogP contribution >= 0.6 is 0 Å². The van der Waals surface area contributed by atoms with Crippen LogP contribution in [0, 0.1) is 6.92 Å². The molecule has 0 aliphatic carbocycles. The number of benzene rings is 2. The molecule has 7 heteroatoms. The Bertz CT molecular complexity index is 1140. The highest BCUT2D eigenvalue weighted by Crippen LogP contribution is 2.20. The van der Waals surface area contributed by atoms with E-state index in [0.29, 0.717) is 11.4 Å². The molecule has 0 aliphatic rings. The number of nitrogens with zero attached hydrogens (tertiary/aromatic N) is 4. The highest BCUT2D eigenvalue weighted by Gasteiger charge is 2.23. The lowest BCUT2D eigenvalue weighted by atomic mass is 10.1. The molecule has 0 bridgehead atoms. The molecule has 7 nitrogen and oxygen atoms in total. The minimum absolute atomic E-state index is 0.309. The Labute approximate surface area is 162 Å². The van der Waals surface area contributed by atoms with Crippen molar-refractivity contribution in [2.75, 3.05) is 11.9 Å². The van der Waals surface area contributed by atoms with Crippen molar-refractivity contribution < 1.29 is 4.79 Å². The summed E-state index contributed by atoms with van der Waals surface area (Å²) in [7, 11) is 2.94. The van der Waals surface area contributed by atoms with Crippen LogP contribution in [0.3, 0.4) is 0 Å². The molecule has 0 saturated heterocycles. The maximum atomic E-state index is 13.1. The lowest BCUT2D eigenvalue weighted by Gasteiger charge is -2.20. The summed E-state index contributed by atoms with van der Waals surface area (Å²) in [6, 6.07) is 14.6. The van der Waals surface area contributed by atoms with Gasteiger partial charge >= 0.3 is 5.69 Å². The van der Waals surface area contributed by atoms with Crippen LogP contribution < -0.4 is 16.1 Å². The first-order valence-electron chi connectivity index (χ1n) is 8.98. The molecule has 144 valence electrons. The zero-order valence-corrected chi connectivity index (χ0v) is 16.3. The fourth-order valence-electron chi connectivity index (χ4n) is 2.97. The van der Waals surface area contributed by atoms with E-state index in [0.717, 1.165) is 26.8 Å². The van der Waals surface area contributed by atoms with Gasteiger partial charge in [-0.3, -0.25) is 14.2 Å². The molecule has 1 aromatic heterocycles. The number of hydrogen-bond donors (Lipinski definition) is 0. The van der Waals surface area contributed by atoms with E-state index in [9.17, 15) is 14.4 Å². The first-order chi connectivity index (χ1) is 13.3. The smallest absolute Gasteiger partial charge is 0.310 e. The molecule has 1 amide bonds. The maximum absolute atomic E-state index is 13.1. The van der Waals surface area contributed by atoms with Crippen LogP contribution in [-0.2, 0) is 13.5 Å². The number of amides is 1. The largest absolute Gasteiger partial charge is 0.351 e. The van der Waals surface area contributed by atoms with Crippen molar-refractivity contribution in [2.45, 2.75) is 20.3 Å². The van der Waals surface area contributed by atoms with Crippen LogP contribution in [-0.4, -0.2) is 27.3 Å². The molecule has 0 N–H and O–H groups in total. The van der Waals surface area contributed by atoms with Gasteiger partial charge in [-0.2, -0.15) is 9.78 Å². The molecule has 1 heterocycles. The van der Waals surface area contributed by atoms with Gasteiger partial charge in [0.25, 0.3) is 11.5 Å². The molecule has 2 aromatic carbocycles. The molecule has 0 spiro atoms. The summed E-state index contributed by atoms with van der Waals surface area (Å²) in [5, 5.41) is 4.11. The monoisotopic (exact) mass is 378 g/mol. The highest BCUT2D eigenvalue weighted by atomic mass is 16.2. The van der Waals surface area contributed by atoms with E-state index >= 15 is 0 Å². The Kier molecular flexibility index (Phi) is 5.26. The summed E-state index contributed by atoms with van der Waals surface area (Å²) >= 11 is 0. The summed E-state index contributed by atoms with van der Waals surface area (Å²) in [6.07, 6.45) is 0.738. The van der Waals surface area contributed by atoms with E-state index < -0.39 is 17.2 Å². The van der Waals surface area contributed by atoms with Crippen LogP contribution in [0.4, 0.5) is 5.69 Å². The van der Waals surface area contributed by atoms with E-state index in [1.165, 1.54) is 11.9 Å². The van der Waals surface area contributed by atoms with Crippen LogP contribution in [0.5, 0.6) is 0 Å². The average molecular weight is 378 g/mol. The molecule has 3 aromatic rings. The minimum Gasteiger partial charge on any atom is -0.310 e. The second-order valence-corrected chi connectivity index (χ2v) is 6.59. The molecule has 0 aliphatic heterocycles. The number of carbonyl (C=O) groups excluding carboxylic acids is 1. The number of hydrogen-bond acceptors (Lipinski definition) is 4. The van der Waals surface area contributed by atoms with Gasteiger partial charge in [0.2, 0.25) is 5.69 Å². The summed E-state index contributed by atoms with van der Waals surface area (Å²) in [4.78, 5) is 39.6. The summed E-state index contributed by atoms with van der Waals surface area (Å²) < 4.78 is 1.98. The van der Waals surface area contributed by atoms with Crippen molar-refractivity contribution in [3.05, 3.63) is 86.2 Å². The fourth-order valence-corrected chi connectivity index (χ4v) is 2.97. The van der Waals surface area contributed by atoms with Crippen molar-refractivity contribution in [1.82, 2.24) is 14.3 Å². The lowest BCUT2D eigenvalue weighted by molar-refractivity contribution is 0.0983. The predicted molar refractivity (Wildman–Crippen MR) is 108 cm³/mol. The molecule has 0 radical (unpaired) electrons. The van der Waals surface area contributed by atoms with Crippen molar-refractivity contribution in [3.8, 4) is 5.69 Å². The molecule has 0 unspecified atom stereocenters. The first-order valence-corrected chi connectivity index (χ1v) is 8.98. The first kappa shape index (κ1) is 19.3. The van der Waals surface area contributed by atoms with Gasteiger partial charge in [0.1, 0.15) is 0 Å². The molecule has 3 rings (SSSR count). The predicted octanol–water partition coefficient (Wildman–Crippen LogP) is 2.08. The van der Waals surface area contributed by atoms with Gasteiger partial charge in [-0.15, -0.1) is 0 Å². The van der Waals surface area contributed by atoms with Crippen molar-refractivity contribution in [2.24, 2.45) is 7.05 Å². The lowest BCUT2D eigenvalue weighted by Crippen LogP contribution is -2.45. The zero-order chi connectivity index (χ0) is 20.4. The molecule has 0 atom stereocenters. The van der Waals surface area contributed by atoms with Gasteiger partial charge in [0, 0.05) is 19.8 Å². The Balaban J connectivity index is 2.13. The van der Waals surface area contributed by atoms with E-state index in [-0.39, 0.29) is 5.69 Å². The second-order valence-electron chi connectivity index (χ2n) is 6.59. The second kappa shape index (κ2) is 7.64. The van der Waals surface area contributed by atoms with E-state index in [1.54, 1.807) is 19.2 Å². The van der Waals surface area contributed by atoms with E-state index in [1.807, 2.05) is 50.2 Å². The number of aromatic nitrogens is 3. The van der Waals surface area contributed by atoms with Gasteiger partial charge < -0.3 is 4.90 Å². The number of aryl methyl sites for hydroxylation is 2. The van der Waals surface area contributed by atoms with Gasteiger partial charge in [-0.1, -0.05) is 42.8 Å². The highest BCUT2D eigenvalue weighted by molar-refractivity contribution is 6.04. The van der Waals surface area contributed by atoms with E-state index in [2.05, 4.69) is 5.10 Å². The number of para-hydroxylation sites is 1. The van der Waals surface area contributed by atoms with E-state index in [4.69, 9.17) is 0 Å². The van der Waals surface area contributed by atoms with Gasteiger partial charge in [0.05, 0.1) is 5.69 Å². The Morgan fingerprint density at radius 1 is 1.07 bits per heavy atom. The maximum Gasteiger partial charge on any atom is 0.351 e. The topological polar surface area (TPSA) is 77.2 Å². The molecular formula is C21H22N4O3.